The maximum atomic E-state index is 12.2. The summed E-state index contributed by atoms with van der Waals surface area (Å²) in [4.78, 5) is 1.68. The predicted octanol–water partition coefficient (Wildman–Crippen LogP) is 2.40. The van der Waals surface area contributed by atoms with Gasteiger partial charge in [-0.25, -0.2) is 0 Å². The summed E-state index contributed by atoms with van der Waals surface area (Å²) in [5.41, 5.74) is 1.15. The molecule has 5 heteroatoms. The minimum absolute atomic E-state index is 0.270. The smallest absolute Gasteiger partial charge is 0.382 e. The van der Waals surface area contributed by atoms with E-state index in [1.807, 2.05) is 30.3 Å². The van der Waals surface area contributed by atoms with Crippen molar-refractivity contribution in [3.63, 3.8) is 0 Å². The summed E-state index contributed by atoms with van der Waals surface area (Å²) >= 11 is 0. The van der Waals surface area contributed by atoms with Crippen molar-refractivity contribution in [3.8, 4) is 0 Å². The van der Waals surface area contributed by atoms with E-state index in [-0.39, 0.29) is 12.5 Å². The lowest BCUT2D eigenvalue weighted by Gasteiger charge is -2.21. The number of benzene rings is 1. The van der Waals surface area contributed by atoms with Crippen molar-refractivity contribution in [1.82, 2.24) is 4.90 Å². The molecule has 2 nitrogen and oxygen atoms in total. The van der Waals surface area contributed by atoms with E-state index in [4.69, 9.17) is 5.11 Å². The van der Waals surface area contributed by atoms with E-state index in [9.17, 15) is 13.2 Å². The van der Waals surface area contributed by atoms with Gasteiger partial charge >= 0.3 is 6.18 Å². The number of hydrogen-bond acceptors (Lipinski definition) is 2. The van der Waals surface area contributed by atoms with Crippen molar-refractivity contribution in [2.45, 2.75) is 24.6 Å². The van der Waals surface area contributed by atoms with Gasteiger partial charge in [0.15, 0.2) is 6.10 Å². The quantitative estimate of drug-likeness (QED) is 0.901. The van der Waals surface area contributed by atoms with Gasteiger partial charge in [-0.2, -0.15) is 13.2 Å². The van der Waals surface area contributed by atoms with Crippen LogP contribution in [-0.4, -0.2) is 41.9 Å². The first-order valence-corrected chi connectivity index (χ1v) is 5.99. The standard InChI is InChI=1S/C13H16F3NO/c14-13(15,16)12(18)9-17-7-6-11(8-17)10-4-2-1-3-5-10/h1-5,11-12,18H,6-9H2. The molecule has 1 aromatic rings. The van der Waals surface area contributed by atoms with E-state index in [0.717, 1.165) is 12.0 Å². The van der Waals surface area contributed by atoms with E-state index >= 15 is 0 Å². The summed E-state index contributed by atoms with van der Waals surface area (Å²) in [6.07, 6.45) is -5.92. The van der Waals surface area contributed by atoms with Gasteiger partial charge in [0.05, 0.1) is 0 Å². The Morgan fingerprint density at radius 2 is 1.94 bits per heavy atom. The largest absolute Gasteiger partial charge is 0.415 e. The molecule has 1 aliphatic heterocycles. The molecule has 1 fully saturated rings. The molecule has 0 aliphatic carbocycles. The number of hydrogen-bond donors (Lipinski definition) is 1. The molecule has 2 rings (SSSR count). The Kier molecular flexibility index (Phi) is 3.92. The van der Waals surface area contributed by atoms with Crippen LogP contribution in [0.15, 0.2) is 30.3 Å². The van der Waals surface area contributed by atoms with Crippen LogP contribution in [0.1, 0.15) is 17.9 Å². The summed E-state index contributed by atoms with van der Waals surface area (Å²) in [5.74, 6) is 0.270. The van der Waals surface area contributed by atoms with E-state index in [0.29, 0.717) is 13.1 Å². The highest BCUT2D eigenvalue weighted by molar-refractivity contribution is 5.21. The molecule has 0 spiro atoms. The minimum Gasteiger partial charge on any atom is -0.382 e. The second-order valence-electron chi connectivity index (χ2n) is 4.71. The Morgan fingerprint density at radius 3 is 2.56 bits per heavy atom. The zero-order valence-corrected chi connectivity index (χ0v) is 9.90. The molecule has 1 saturated heterocycles. The van der Waals surface area contributed by atoms with Crippen LogP contribution in [0.2, 0.25) is 0 Å². The van der Waals surface area contributed by atoms with Crippen molar-refractivity contribution >= 4 is 0 Å². The van der Waals surface area contributed by atoms with Gasteiger partial charge in [-0.3, -0.25) is 4.90 Å². The maximum absolute atomic E-state index is 12.2. The molecule has 1 heterocycles. The van der Waals surface area contributed by atoms with Gasteiger partial charge in [-0.1, -0.05) is 30.3 Å². The molecule has 0 radical (unpaired) electrons. The van der Waals surface area contributed by atoms with Crippen LogP contribution in [0.4, 0.5) is 13.2 Å². The highest BCUT2D eigenvalue weighted by Gasteiger charge is 2.40. The molecule has 100 valence electrons. The van der Waals surface area contributed by atoms with Crippen LogP contribution in [0.5, 0.6) is 0 Å². The van der Waals surface area contributed by atoms with Gasteiger partial charge < -0.3 is 5.11 Å². The predicted molar refractivity (Wildman–Crippen MR) is 62.3 cm³/mol. The molecule has 0 saturated carbocycles. The third-order valence-electron chi connectivity index (χ3n) is 3.35. The summed E-state index contributed by atoms with van der Waals surface area (Å²) in [5, 5.41) is 9.04. The molecule has 0 aromatic heterocycles. The van der Waals surface area contributed by atoms with Crippen molar-refractivity contribution in [1.29, 1.82) is 0 Å². The molecule has 1 N–H and O–H groups in total. The van der Waals surface area contributed by atoms with Gasteiger partial charge in [-0.05, 0) is 24.4 Å². The van der Waals surface area contributed by atoms with Gasteiger partial charge in [0, 0.05) is 13.1 Å². The third-order valence-corrected chi connectivity index (χ3v) is 3.35. The Hall–Kier alpha value is -1.07. The highest BCUT2D eigenvalue weighted by atomic mass is 19.4. The second kappa shape index (κ2) is 5.28. The summed E-state index contributed by atoms with van der Waals surface area (Å²) < 4.78 is 36.7. The summed E-state index contributed by atoms with van der Waals surface area (Å²) in [6.45, 7) is 0.858. The van der Waals surface area contributed by atoms with Gasteiger partial charge in [0.25, 0.3) is 0 Å². The number of rotatable bonds is 3. The molecular weight excluding hydrogens is 243 g/mol. The average Bonchev–Trinajstić information content (AvgIpc) is 2.77. The monoisotopic (exact) mass is 259 g/mol. The van der Waals surface area contributed by atoms with Crippen LogP contribution >= 0.6 is 0 Å². The molecule has 2 atom stereocenters. The van der Waals surface area contributed by atoms with Crippen molar-refractivity contribution in [2.24, 2.45) is 0 Å². The zero-order chi connectivity index (χ0) is 13.2. The fraction of sp³-hybridized carbons (Fsp3) is 0.538. The number of β-amino-alcohol motifs (C(OH)–C–C–N with tert-alkyl or cyclic N) is 1. The zero-order valence-electron chi connectivity index (χ0n) is 9.90. The van der Waals surface area contributed by atoms with Crippen LogP contribution in [0.3, 0.4) is 0 Å². The first-order chi connectivity index (χ1) is 8.47. The summed E-state index contributed by atoms with van der Waals surface area (Å²) in [6, 6.07) is 9.78. The number of likely N-dealkylation sites (tertiary alicyclic amines) is 1. The number of alkyl halides is 3. The molecule has 18 heavy (non-hydrogen) atoms. The van der Waals surface area contributed by atoms with Gasteiger partial charge in [-0.15, -0.1) is 0 Å². The molecule has 1 aliphatic rings. The third kappa shape index (κ3) is 3.23. The van der Waals surface area contributed by atoms with E-state index in [2.05, 4.69) is 0 Å². The Morgan fingerprint density at radius 1 is 1.28 bits per heavy atom. The lowest BCUT2D eigenvalue weighted by molar-refractivity contribution is -0.207. The SMILES string of the molecule is OC(CN1CCC(c2ccccc2)C1)C(F)(F)F. The molecular formula is C13H16F3NO. The lowest BCUT2D eigenvalue weighted by Crippen LogP contribution is -2.40. The van der Waals surface area contributed by atoms with E-state index < -0.39 is 12.3 Å². The normalized spacial score (nSPS) is 23.2. The highest BCUT2D eigenvalue weighted by Crippen LogP contribution is 2.28. The van der Waals surface area contributed by atoms with Gasteiger partial charge in [0.1, 0.15) is 0 Å². The fourth-order valence-corrected chi connectivity index (χ4v) is 2.34. The number of nitrogens with zero attached hydrogens (tertiary/aromatic N) is 1. The van der Waals surface area contributed by atoms with Crippen LogP contribution in [0, 0.1) is 0 Å². The topological polar surface area (TPSA) is 23.5 Å². The molecule has 1 aromatic carbocycles. The average molecular weight is 259 g/mol. The van der Waals surface area contributed by atoms with Crippen molar-refractivity contribution in [3.05, 3.63) is 35.9 Å². The Balaban J connectivity index is 1.89. The van der Waals surface area contributed by atoms with Crippen LogP contribution in [0.25, 0.3) is 0 Å². The molecule has 2 unspecified atom stereocenters. The first kappa shape index (κ1) is 13.4. The Bertz CT molecular complexity index is 380. The molecule has 0 bridgehead atoms. The second-order valence-corrected chi connectivity index (χ2v) is 4.71. The summed E-state index contributed by atoms with van der Waals surface area (Å²) in [7, 11) is 0. The molecule has 0 amide bonds. The van der Waals surface area contributed by atoms with E-state index in [1.54, 1.807) is 4.90 Å². The van der Waals surface area contributed by atoms with Crippen molar-refractivity contribution in [2.75, 3.05) is 19.6 Å². The maximum Gasteiger partial charge on any atom is 0.415 e. The van der Waals surface area contributed by atoms with Crippen LogP contribution < -0.4 is 0 Å². The van der Waals surface area contributed by atoms with Gasteiger partial charge in [0.2, 0.25) is 0 Å². The Labute approximate surface area is 104 Å². The lowest BCUT2D eigenvalue weighted by atomic mass is 9.99. The minimum atomic E-state index is -4.52. The first-order valence-electron chi connectivity index (χ1n) is 5.99. The number of halogens is 3. The fourth-order valence-electron chi connectivity index (χ4n) is 2.34. The number of aliphatic hydroxyl groups excluding tert-OH is 1. The van der Waals surface area contributed by atoms with Crippen LogP contribution in [-0.2, 0) is 0 Å². The van der Waals surface area contributed by atoms with E-state index in [1.165, 1.54) is 0 Å². The number of aliphatic hydroxyl groups is 1. The van der Waals surface area contributed by atoms with Crippen molar-refractivity contribution < 1.29 is 18.3 Å².